The molecule has 5 heteroatoms. The molecule has 1 saturated heterocycles. The number of anilines is 1. The monoisotopic (exact) mass is 327 g/mol. The van der Waals surface area contributed by atoms with E-state index in [1.165, 1.54) is 17.8 Å². The lowest BCUT2D eigenvalue weighted by Crippen LogP contribution is -2.44. The van der Waals surface area contributed by atoms with Crippen LogP contribution in [0.3, 0.4) is 0 Å². The summed E-state index contributed by atoms with van der Waals surface area (Å²) in [5, 5.41) is 2.76. The maximum Gasteiger partial charge on any atom is 0.254 e. The number of hydrogen-bond donors (Lipinski definition) is 1. The Labute approximate surface area is 141 Å². The largest absolute Gasteiger partial charge is 0.369 e. The van der Waals surface area contributed by atoms with E-state index >= 15 is 0 Å². The Bertz CT molecular complexity index is 694. The average molecular weight is 327 g/mol. The fraction of sp³-hybridized carbons (Fsp3) is 0.316. The molecule has 0 saturated carbocycles. The van der Waals surface area contributed by atoms with Gasteiger partial charge in [-0.3, -0.25) is 4.79 Å². The van der Waals surface area contributed by atoms with Crippen molar-refractivity contribution in [3.63, 3.8) is 0 Å². The second kappa shape index (κ2) is 7.45. The van der Waals surface area contributed by atoms with Crippen LogP contribution in [0.1, 0.15) is 15.9 Å². The molecular weight excluding hydrogens is 305 g/mol. The first-order valence-corrected chi connectivity index (χ1v) is 8.18. The highest BCUT2D eigenvalue weighted by Gasteiger charge is 2.14. The van der Waals surface area contributed by atoms with Crippen molar-refractivity contribution in [2.45, 2.75) is 6.54 Å². The third-order valence-electron chi connectivity index (χ3n) is 4.38. The topological polar surface area (TPSA) is 35.6 Å². The summed E-state index contributed by atoms with van der Waals surface area (Å²) < 4.78 is 13.6. The van der Waals surface area contributed by atoms with Crippen molar-refractivity contribution >= 4 is 11.6 Å². The number of halogens is 1. The molecule has 1 N–H and O–H groups in total. The molecule has 0 aromatic heterocycles. The van der Waals surface area contributed by atoms with E-state index in [4.69, 9.17) is 0 Å². The van der Waals surface area contributed by atoms with Crippen molar-refractivity contribution in [2.75, 3.05) is 38.1 Å². The molecule has 0 spiro atoms. The fourth-order valence-electron chi connectivity index (χ4n) is 2.81. The Balaban J connectivity index is 1.57. The van der Waals surface area contributed by atoms with Crippen LogP contribution in [0.25, 0.3) is 0 Å². The maximum absolute atomic E-state index is 13.6. The van der Waals surface area contributed by atoms with Gasteiger partial charge in [0.25, 0.3) is 5.91 Å². The Morgan fingerprint density at radius 3 is 2.38 bits per heavy atom. The zero-order chi connectivity index (χ0) is 16.9. The second-order valence-electron chi connectivity index (χ2n) is 6.12. The number of rotatable bonds is 4. The maximum atomic E-state index is 13.6. The highest BCUT2D eigenvalue weighted by molar-refractivity contribution is 5.94. The lowest BCUT2D eigenvalue weighted by Gasteiger charge is -2.34. The van der Waals surface area contributed by atoms with E-state index in [1.54, 1.807) is 12.1 Å². The predicted molar refractivity (Wildman–Crippen MR) is 93.7 cm³/mol. The van der Waals surface area contributed by atoms with Crippen LogP contribution in [0.2, 0.25) is 0 Å². The summed E-state index contributed by atoms with van der Waals surface area (Å²) in [6, 6.07) is 14.2. The first-order valence-electron chi connectivity index (χ1n) is 8.18. The number of carbonyl (C=O) groups is 1. The van der Waals surface area contributed by atoms with E-state index in [0.29, 0.717) is 6.54 Å². The minimum absolute atomic E-state index is 0.0755. The number of carbonyl (C=O) groups excluding carboxylic acids is 1. The van der Waals surface area contributed by atoms with Gasteiger partial charge in [-0.1, -0.05) is 24.3 Å². The molecule has 1 amide bonds. The van der Waals surface area contributed by atoms with Gasteiger partial charge in [-0.05, 0) is 36.9 Å². The van der Waals surface area contributed by atoms with Gasteiger partial charge in [0.2, 0.25) is 0 Å². The highest BCUT2D eigenvalue weighted by atomic mass is 19.1. The average Bonchev–Trinajstić information content (AvgIpc) is 2.61. The molecule has 0 bridgehead atoms. The molecule has 1 fully saturated rings. The molecule has 0 radical (unpaired) electrons. The summed E-state index contributed by atoms with van der Waals surface area (Å²) in [5.41, 5.74) is 2.27. The van der Waals surface area contributed by atoms with Crippen molar-refractivity contribution in [3.05, 3.63) is 65.5 Å². The van der Waals surface area contributed by atoms with Gasteiger partial charge in [0.05, 0.1) is 5.56 Å². The zero-order valence-corrected chi connectivity index (χ0v) is 13.8. The minimum atomic E-state index is -0.500. The van der Waals surface area contributed by atoms with Gasteiger partial charge in [0.15, 0.2) is 0 Å². The van der Waals surface area contributed by atoms with Gasteiger partial charge >= 0.3 is 0 Å². The third kappa shape index (κ3) is 3.92. The lowest BCUT2D eigenvalue weighted by molar-refractivity contribution is 0.0947. The minimum Gasteiger partial charge on any atom is -0.369 e. The number of likely N-dealkylation sites (N-methyl/N-ethyl adjacent to an activating group) is 1. The molecule has 0 unspecified atom stereocenters. The van der Waals surface area contributed by atoms with Gasteiger partial charge in [-0.2, -0.15) is 0 Å². The Hall–Kier alpha value is -2.40. The molecule has 1 aliphatic heterocycles. The number of benzene rings is 2. The van der Waals surface area contributed by atoms with E-state index in [0.717, 1.165) is 31.7 Å². The molecule has 1 heterocycles. The van der Waals surface area contributed by atoms with Crippen molar-refractivity contribution in [2.24, 2.45) is 0 Å². The molecule has 2 aromatic rings. The van der Waals surface area contributed by atoms with Crippen LogP contribution in [0.4, 0.5) is 10.1 Å². The molecule has 0 aliphatic carbocycles. The van der Waals surface area contributed by atoms with Gasteiger partial charge in [-0.25, -0.2) is 4.39 Å². The first-order chi connectivity index (χ1) is 11.6. The van der Waals surface area contributed by atoms with Crippen LogP contribution in [0, 0.1) is 5.82 Å². The van der Waals surface area contributed by atoms with E-state index < -0.39 is 11.7 Å². The molecular formula is C19H22FN3O. The van der Waals surface area contributed by atoms with Crippen LogP contribution >= 0.6 is 0 Å². The molecule has 126 valence electrons. The molecule has 4 nitrogen and oxygen atoms in total. The highest BCUT2D eigenvalue weighted by Crippen LogP contribution is 2.17. The predicted octanol–water partition coefficient (Wildman–Crippen LogP) is 2.51. The number of amides is 1. The first kappa shape index (κ1) is 16.5. The summed E-state index contributed by atoms with van der Waals surface area (Å²) >= 11 is 0. The van der Waals surface area contributed by atoms with Gasteiger partial charge < -0.3 is 15.1 Å². The Morgan fingerprint density at radius 1 is 1.04 bits per heavy atom. The number of piperazine rings is 1. The Morgan fingerprint density at radius 2 is 1.71 bits per heavy atom. The third-order valence-corrected chi connectivity index (χ3v) is 4.38. The summed E-state index contributed by atoms with van der Waals surface area (Å²) in [6.07, 6.45) is 0. The summed E-state index contributed by atoms with van der Waals surface area (Å²) in [4.78, 5) is 16.7. The molecule has 2 aromatic carbocycles. The molecule has 1 aliphatic rings. The SMILES string of the molecule is CN1CCN(c2ccc(CNC(=O)c3ccccc3F)cc2)CC1. The second-order valence-corrected chi connectivity index (χ2v) is 6.12. The number of hydrogen-bond acceptors (Lipinski definition) is 3. The van der Waals surface area contributed by atoms with E-state index in [9.17, 15) is 9.18 Å². The van der Waals surface area contributed by atoms with Crippen molar-refractivity contribution in [3.8, 4) is 0 Å². The normalized spacial score (nSPS) is 15.3. The lowest BCUT2D eigenvalue weighted by atomic mass is 10.1. The summed E-state index contributed by atoms with van der Waals surface area (Å²) in [7, 11) is 2.14. The van der Waals surface area contributed by atoms with Gasteiger partial charge in [0, 0.05) is 38.4 Å². The molecule has 0 atom stereocenters. The molecule has 24 heavy (non-hydrogen) atoms. The fourth-order valence-corrected chi connectivity index (χ4v) is 2.81. The van der Waals surface area contributed by atoms with E-state index in [2.05, 4.69) is 34.3 Å². The quantitative estimate of drug-likeness (QED) is 0.937. The van der Waals surface area contributed by atoms with E-state index in [-0.39, 0.29) is 5.56 Å². The summed E-state index contributed by atoms with van der Waals surface area (Å²) in [6.45, 7) is 4.58. The van der Waals surface area contributed by atoms with Crippen molar-refractivity contribution in [1.29, 1.82) is 0 Å². The van der Waals surface area contributed by atoms with Gasteiger partial charge in [-0.15, -0.1) is 0 Å². The van der Waals surface area contributed by atoms with Crippen LogP contribution in [0.15, 0.2) is 48.5 Å². The Kier molecular flexibility index (Phi) is 5.11. The van der Waals surface area contributed by atoms with Crippen molar-refractivity contribution < 1.29 is 9.18 Å². The number of nitrogens with zero attached hydrogens (tertiary/aromatic N) is 2. The number of nitrogens with one attached hydrogen (secondary N) is 1. The van der Waals surface area contributed by atoms with Crippen molar-refractivity contribution in [1.82, 2.24) is 10.2 Å². The van der Waals surface area contributed by atoms with E-state index in [1.807, 2.05) is 12.1 Å². The van der Waals surface area contributed by atoms with Crippen LogP contribution in [0.5, 0.6) is 0 Å². The van der Waals surface area contributed by atoms with Crippen LogP contribution < -0.4 is 10.2 Å². The summed E-state index contributed by atoms with van der Waals surface area (Å²) in [5.74, 6) is -0.892. The standard InChI is InChI=1S/C19H22FN3O/c1-22-10-12-23(13-11-22)16-8-6-15(7-9-16)14-21-19(24)17-4-2-3-5-18(17)20/h2-9H,10-14H2,1H3,(H,21,24). The smallest absolute Gasteiger partial charge is 0.254 e. The van der Waals surface area contributed by atoms with Crippen LogP contribution in [-0.2, 0) is 6.54 Å². The van der Waals surface area contributed by atoms with Gasteiger partial charge in [0.1, 0.15) is 5.82 Å². The molecule has 3 rings (SSSR count). The van der Waals surface area contributed by atoms with Crippen LogP contribution in [-0.4, -0.2) is 44.0 Å². The zero-order valence-electron chi connectivity index (χ0n) is 13.8.